The summed E-state index contributed by atoms with van der Waals surface area (Å²) in [7, 11) is 0. The monoisotopic (exact) mass is 820 g/mol. The highest BCUT2D eigenvalue weighted by Crippen LogP contribution is 2.49. The largest absolute Gasteiger partial charge is 0.456 e. The van der Waals surface area contributed by atoms with Crippen LogP contribution in [0.4, 0.5) is 11.4 Å². The van der Waals surface area contributed by atoms with Crippen molar-refractivity contribution in [1.29, 1.82) is 0 Å². The fraction of sp³-hybridized carbons (Fsp3) is 0.143. The van der Waals surface area contributed by atoms with Gasteiger partial charge in [-0.25, -0.2) is 0 Å². The van der Waals surface area contributed by atoms with Gasteiger partial charge in [0.05, 0.1) is 49.9 Å². The van der Waals surface area contributed by atoms with Crippen LogP contribution >= 0.6 is 11.3 Å². The zero-order valence-corrected chi connectivity index (χ0v) is 36.3. The van der Waals surface area contributed by atoms with Crippen LogP contribution in [-0.4, -0.2) is 13.5 Å². The summed E-state index contributed by atoms with van der Waals surface area (Å²) in [5.74, 6) is 0. The maximum Gasteiger partial charge on any atom is 0.137 e. The van der Waals surface area contributed by atoms with Gasteiger partial charge in [-0.05, 0) is 116 Å². The second-order valence-electron chi connectivity index (χ2n) is 18.2. The highest BCUT2D eigenvalue weighted by Gasteiger charge is 2.30. The summed E-state index contributed by atoms with van der Waals surface area (Å²) in [5, 5.41) is 6.15. The lowest BCUT2D eigenvalue weighted by atomic mass is 9.86. The third kappa shape index (κ3) is 4.84. The highest BCUT2D eigenvalue weighted by molar-refractivity contribution is 7.25. The first kappa shape index (κ1) is 35.7. The van der Waals surface area contributed by atoms with Gasteiger partial charge in [0, 0.05) is 43.3 Å². The molecule has 300 valence electrons. The molecular formula is C56H44N4OS. The normalized spacial score (nSPS) is 14.0. The number of anilines is 2. The Hall–Kier alpha value is -7.02. The number of rotatable bonds is 4. The van der Waals surface area contributed by atoms with Gasteiger partial charge in [0.2, 0.25) is 0 Å². The SMILES string of the molecule is CC1=CCCC=C1N(c1ccc2c(c1)n(-c1cccc3oc4ccccc4c13)c1cc(C(C)(C)C)cc3c1-n2c1cccc2c4c5ccccc5sc4n3c21)c1ccccc1C. The van der Waals surface area contributed by atoms with E-state index < -0.39 is 0 Å². The van der Waals surface area contributed by atoms with Crippen LogP contribution in [0.25, 0.3) is 92.1 Å². The predicted octanol–water partition coefficient (Wildman–Crippen LogP) is 16.1. The maximum absolute atomic E-state index is 6.63. The Morgan fingerprint density at radius 2 is 1.34 bits per heavy atom. The average Bonchev–Trinajstić information content (AvgIpc) is 3.96. The Bertz CT molecular complexity index is 3890. The molecule has 0 spiro atoms. The first-order valence-corrected chi connectivity index (χ1v) is 22.6. The van der Waals surface area contributed by atoms with E-state index in [0.717, 1.165) is 62.7 Å². The number of furan rings is 1. The number of para-hydroxylation sites is 3. The molecule has 2 aliphatic heterocycles. The van der Waals surface area contributed by atoms with E-state index in [-0.39, 0.29) is 5.41 Å². The van der Waals surface area contributed by atoms with Crippen molar-refractivity contribution in [3.05, 3.63) is 174 Å². The Morgan fingerprint density at radius 1 is 0.597 bits per heavy atom. The number of allylic oxidation sites excluding steroid dienone is 3. The lowest BCUT2D eigenvalue weighted by molar-refractivity contribution is 0.591. The molecule has 0 bridgehead atoms. The third-order valence-electron chi connectivity index (χ3n) is 13.4. The van der Waals surface area contributed by atoms with Crippen molar-refractivity contribution in [1.82, 2.24) is 13.5 Å². The number of thiophene rings is 1. The summed E-state index contributed by atoms with van der Waals surface area (Å²) in [4.78, 5) is 3.77. The van der Waals surface area contributed by atoms with Crippen molar-refractivity contribution in [2.45, 2.75) is 52.9 Å². The van der Waals surface area contributed by atoms with Crippen molar-refractivity contribution in [3.63, 3.8) is 0 Å². The predicted molar refractivity (Wildman–Crippen MR) is 263 cm³/mol. The molecule has 0 saturated heterocycles. The molecule has 0 radical (unpaired) electrons. The van der Waals surface area contributed by atoms with Crippen LogP contribution in [0.1, 0.15) is 51.7 Å². The Kier molecular flexibility index (Phi) is 7.35. The molecule has 0 atom stereocenters. The number of hydrogen-bond donors (Lipinski definition) is 0. The van der Waals surface area contributed by atoms with E-state index in [1.54, 1.807) is 0 Å². The molecule has 0 unspecified atom stereocenters. The van der Waals surface area contributed by atoms with Gasteiger partial charge in [-0.1, -0.05) is 106 Å². The molecule has 6 heteroatoms. The molecule has 0 N–H and O–H groups in total. The van der Waals surface area contributed by atoms with Gasteiger partial charge in [0.15, 0.2) is 0 Å². The van der Waals surface area contributed by atoms with Crippen LogP contribution in [0.3, 0.4) is 0 Å². The quantitative estimate of drug-likeness (QED) is 0.131. The fourth-order valence-electron chi connectivity index (χ4n) is 10.5. The number of nitrogens with zero attached hydrogens (tertiary/aromatic N) is 4. The molecule has 10 aromatic rings. The van der Waals surface area contributed by atoms with E-state index in [0.29, 0.717) is 0 Å². The second kappa shape index (κ2) is 12.8. The van der Waals surface area contributed by atoms with Gasteiger partial charge in [-0.2, -0.15) is 0 Å². The number of fused-ring (bicyclic) bond motifs is 12. The van der Waals surface area contributed by atoms with Crippen LogP contribution in [0.2, 0.25) is 0 Å². The molecule has 62 heavy (non-hydrogen) atoms. The first-order valence-electron chi connectivity index (χ1n) is 21.8. The summed E-state index contributed by atoms with van der Waals surface area (Å²) in [6.45, 7) is 11.5. The summed E-state index contributed by atoms with van der Waals surface area (Å²) < 4.78 is 15.6. The molecule has 5 heterocycles. The molecule has 0 saturated carbocycles. The minimum Gasteiger partial charge on any atom is -0.456 e. The standard InChI is InChI=1S/C56H44N4OS/c1-33-16-6-10-21-40(33)57(41-22-11-7-17-34(41)2)36-28-29-42-45(32-36)58(43-23-15-26-49-52(43)37-18-8-12-25-48(37)61-49)46-30-35(56(3,4)5)31-47-54(46)59(42)44-24-14-20-39-51-38-19-9-13-27-50(38)62-55(51)60(47)53(39)44/h6,8-10,12-32H,7,11H2,1-5H3. The average molecular weight is 821 g/mol. The van der Waals surface area contributed by atoms with Gasteiger partial charge in [0.1, 0.15) is 16.0 Å². The lowest BCUT2D eigenvalue weighted by Crippen LogP contribution is -2.20. The maximum atomic E-state index is 6.63. The molecule has 1 aliphatic carbocycles. The molecule has 3 aliphatic rings. The smallest absolute Gasteiger partial charge is 0.137 e. The van der Waals surface area contributed by atoms with E-state index in [1.165, 1.54) is 76.0 Å². The first-order chi connectivity index (χ1) is 30.2. The van der Waals surface area contributed by atoms with Crippen LogP contribution < -0.4 is 4.90 Å². The van der Waals surface area contributed by atoms with Gasteiger partial charge >= 0.3 is 0 Å². The molecule has 0 fully saturated rings. The van der Waals surface area contributed by atoms with E-state index in [2.05, 4.69) is 205 Å². The Morgan fingerprint density at radius 3 is 2.19 bits per heavy atom. The van der Waals surface area contributed by atoms with E-state index in [9.17, 15) is 0 Å². The minimum absolute atomic E-state index is 0.139. The topological polar surface area (TPSA) is 30.7 Å². The van der Waals surface area contributed by atoms with Gasteiger partial charge in [0.25, 0.3) is 0 Å². The fourth-order valence-corrected chi connectivity index (χ4v) is 11.8. The summed E-state index contributed by atoms with van der Waals surface area (Å²) >= 11 is 1.90. The molecule has 7 aromatic carbocycles. The van der Waals surface area contributed by atoms with Crippen LogP contribution in [0.15, 0.2) is 167 Å². The number of aromatic nitrogens is 3. The van der Waals surface area contributed by atoms with Crippen molar-refractivity contribution >= 4 is 103 Å². The van der Waals surface area contributed by atoms with Crippen LogP contribution in [0, 0.1) is 6.92 Å². The van der Waals surface area contributed by atoms with E-state index >= 15 is 0 Å². The molecule has 3 aromatic heterocycles. The van der Waals surface area contributed by atoms with Crippen molar-refractivity contribution in [3.8, 4) is 11.4 Å². The van der Waals surface area contributed by atoms with Crippen molar-refractivity contribution in [2.24, 2.45) is 0 Å². The zero-order valence-electron chi connectivity index (χ0n) is 35.5. The van der Waals surface area contributed by atoms with Gasteiger partial charge in [-0.3, -0.25) is 4.40 Å². The van der Waals surface area contributed by atoms with Gasteiger partial charge in [-0.15, -0.1) is 11.3 Å². The summed E-state index contributed by atoms with van der Waals surface area (Å²) in [5.41, 5.74) is 18.3. The third-order valence-corrected chi connectivity index (χ3v) is 14.6. The molecule has 5 nitrogen and oxygen atoms in total. The zero-order chi connectivity index (χ0) is 41.6. The molecule has 0 amide bonds. The van der Waals surface area contributed by atoms with Gasteiger partial charge < -0.3 is 18.5 Å². The summed E-state index contributed by atoms with van der Waals surface area (Å²) in [6.07, 6.45) is 6.88. The van der Waals surface area contributed by atoms with E-state index in [4.69, 9.17) is 4.42 Å². The number of aryl methyl sites for hydroxylation is 1. The number of hydrogen-bond acceptors (Lipinski definition) is 3. The van der Waals surface area contributed by atoms with Crippen LogP contribution in [-0.2, 0) is 5.41 Å². The summed E-state index contributed by atoms with van der Waals surface area (Å²) in [6, 6.07) is 51.7. The lowest BCUT2D eigenvalue weighted by Gasteiger charge is -2.33. The van der Waals surface area contributed by atoms with E-state index in [1.807, 2.05) is 11.3 Å². The molecule has 13 rings (SSSR count). The Balaban J connectivity index is 1.28. The van der Waals surface area contributed by atoms with Crippen LogP contribution in [0.5, 0.6) is 0 Å². The molecular weight excluding hydrogens is 777 g/mol. The second-order valence-corrected chi connectivity index (χ2v) is 19.2. The highest BCUT2D eigenvalue weighted by atomic mass is 32.1. The Labute approximate surface area is 362 Å². The van der Waals surface area contributed by atoms with Crippen molar-refractivity contribution in [2.75, 3.05) is 4.90 Å². The van der Waals surface area contributed by atoms with Crippen molar-refractivity contribution < 1.29 is 4.42 Å². The number of benzene rings is 7. The minimum atomic E-state index is -0.139.